The minimum atomic E-state index is -0.422. The fraction of sp³-hybridized carbons (Fsp3) is 0.133. The number of hydrogen-bond donors (Lipinski definition) is 1. The van der Waals surface area contributed by atoms with Gasteiger partial charge in [-0.05, 0) is 29.8 Å². The second-order valence-corrected chi connectivity index (χ2v) is 4.02. The summed E-state index contributed by atoms with van der Waals surface area (Å²) < 4.78 is 13.7. The van der Waals surface area contributed by atoms with Gasteiger partial charge in [-0.15, -0.1) is 0 Å². The molecule has 18 heavy (non-hydrogen) atoms. The van der Waals surface area contributed by atoms with Crippen molar-refractivity contribution in [3.8, 4) is 16.9 Å². The number of phenolic OH excluding ortho intramolecular Hbond substituents is 1. The van der Waals surface area contributed by atoms with Crippen molar-refractivity contribution in [2.24, 2.45) is 0 Å². The first-order valence-corrected chi connectivity index (χ1v) is 5.74. The number of phenols is 1. The van der Waals surface area contributed by atoms with Crippen LogP contribution in [0, 0.1) is 5.82 Å². The molecule has 0 aliphatic heterocycles. The van der Waals surface area contributed by atoms with E-state index in [1.807, 2.05) is 0 Å². The van der Waals surface area contributed by atoms with E-state index < -0.39 is 5.82 Å². The molecule has 1 N–H and O–H groups in total. The highest BCUT2D eigenvalue weighted by Gasteiger charge is 2.09. The highest BCUT2D eigenvalue weighted by molar-refractivity contribution is 5.97. The van der Waals surface area contributed by atoms with Crippen LogP contribution < -0.4 is 0 Å². The fourth-order valence-electron chi connectivity index (χ4n) is 1.80. The highest BCUT2D eigenvalue weighted by atomic mass is 19.1. The van der Waals surface area contributed by atoms with Gasteiger partial charge < -0.3 is 5.11 Å². The molecule has 0 fully saturated rings. The van der Waals surface area contributed by atoms with Gasteiger partial charge in [-0.3, -0.25) is 4.79 Å². The van der Waals surface area contributed by atoms with E-state index in [9.17, 15) is 14.3 Å². The molecule has 0 aliphatic rings. The molecule has 0 atom stereocenters. The van der Waals surface area contributed by atoms with E-state index >= 15 is 0 Å². The molecule has 0 bridgehead atoms. The molecule has 0 saturated carbocycles. The Morgan fingerprint density at radius 1 is 1.22 bits per heavy atom. The maximum atomic E-state index is 13.7. The highest BCUT2D eigenvalue weighted by Crippen LogP contribution is 2.27. The predicted molar refractivity (Wildman–Crippen MR) is 68.1 cm³/mol. The van der Waals surface area contributed by atoms with E-state index in [0.29, 0.717) is 23.1 Å². The van der Waals surface area contributed by atoms with Crippen LogP contribution in [0.2, 0.25) is 0 Å². The van der Waals surface area contributed by atoms with Crippen LogP contribution in [-0.4, -0.2) is 10.9 Å². The molecule has 2 rings (SSSR count). The molecule has 0 aliphatic carbocycles. The molecule has 0 amide bonds. The molecular formula is C15H13FO2. The van der Waals surface area contributed by atoms with Crippen molar-refractivity contribution in [1.29, 1.82) is 0 Å². The summed E-state index contributed by atoms with van der Waals surface area (Å²) in [5.41, 5.74) is 1.43. The summed E-state index contributed by atoms with van der Waals surface area (Å²) in [4.78, 5) is 11.6. The molecule has 0 unspecified atom stereocenters. The van der Waals surface area contributed by atoms with Crippen LogP contribution in [0.25, 0.3) is 11.1 Å². The van der Waals surface area contributed by atoms with E-state index in [1.54, 1.807) is 31.2 Å². The maximum absolute atomic E-state index is 13.7. The van der Waals surface area contributed by atoms with Crippen LogP contribution in [0.15, 0.2) is 42.5 Å². The molecule has 2 aromatic rings. The first kappa shape index (κ1) is 12.3. The number of halogens is 1. The summed E-state index contributed by atoms with van der Waals surface area (Å²) >= 11 is 0. The third-order valence-electron chi connectivity index (χ3n) is 2.77. The molecule has 0 spiro atoms. The Labute approximate surface area is 105 Å². The number of benzene rings is 2. The number of carbonyl (C=O) groups is 1. The van der Waals surface area contributed by atoms with Gasteiger partial charge in [0.25, 0.3) is 0 Å². The number of rotatable bonds is 3. The molecule has 0 aromatic heterocycles. The lowest BCUT2D eigenvalue weighted by Crippen LogP contribution is -1.96. The monoisotopic (exact) mass is 244 g/mol. The van der Waals surface area contributed by atoms with Gasteiger partial charge in [-0.1, -0.05) is 25.1 Å². The van der Waals surface area contributed by atoms with Crippen molar-refractivity contribution < 1.29 is 14.3 Å². The topological polar surface area (TPSA) is 37.3 Å². The van der Waals surface area contributed by atoms with Gasteiger partial charge in [0.2, 0.25) is 0 Å². The van der Waals surface area contributed by atoms with Gasteiger partial charge in [0.1, 0.15) is 11.6 Å². The van der Waals surface area contributed by atoms with Crippen molar-refractivity contribution in [3.63, 3.8) is 0 Å². The Kier molecular flexibility index (Phi) is 3.42. The second-order valence-electron chi connectivity index (χ2n) is 4.02. The quantitative estimate of drug-likeness (QED) is 0.834. The Balaban J connectivity index is 2.51. The Bertz CT molecular complexity index is 591. The summed E-state index contributed by atoms with van der Waals surface area (Å²) in [6, 6.07) is 10.6. The molecule has 3 heteroatoms. The average Bonchev–Trinajstić information content (AvgIpc) is 2.40. The van der Waals surface area contributed by atoms with Crippen LogP contribution >= 0.6 is 0 Å². The predicted octanol–water partition coefficient (Wildman–Crippen LogP) is 3.79. The van der Waals surface area contributed by atoms with Gasteiger partial charge in [-0.2, -0.15) is 0 Å². The van der Waals surface area contributed by atoms with Crippen LogP contribution in [0.3, 0.4) is 0 Å². The van der Waals surface area contributed by atoms with Crippen LogP contribution in [0.1, 0.15) is 23.7 Å². The van der Waals surface area contributed by atoms with Crippen molar-refractivity contribution in [3.05, 3.63) is 53.8 Å². The number of hydrogen-bond acceptors (Lipinski definition) is 2. The molecule has 2 aromatic carbocycles. The lowest BCUT2D eigenvalue weighted by atomic mass is 10.00. The zero-order valence-corrected chi connectivity index (χ0v) is 9.98. The van der Waals surface area contributed by atoms with Crippen molar-refractivity contribution >= 4 is 5.78 Å². The van der Waals surface area contributed by atoms with E-state index in [1.165, 1.54) is 18.2 Å². The summed E-state index contributed by atoms with van der Waals surface area (Å²) in [5, 5.41) is 9.39. The Morgan fingerprint density at radius 3 is 2.72 bits per heavy atom. The van der Waals surface area contributed by atoms with Crippen molar-refractivity contribution in [1.82, 2.24) is 0 Å². The van der Waals surface area contributed by atoms with Crippen LogP contribution in [0.5, 0.6) is 5.75 Å². The molecule has 0 radical (unpaired) electrons. The van der Waals surface area contributed by atoms with Gasteiger partial charge in [-0.25, -0.2) is 4.39 Å². The molecule has 2 nitrogen and oxygen atoms in total. The van der Waals surface area contributed by atoms with E-state index in [-0.39, 0.29) is 11.5 Å². The molecule has 0 heterocycles. The largest absolute Gasteiger partial charge is 0.508 e. The summed E-state index contributed by atoms with van der Waals surface area (Å²) in [6.45, 7) is 1.78. The summed E-state index contributed by atoms with van der Waals surface area (Å²) in [7, 11) is 0. The second kappa shape index (κ2) is 5.00. The number of ketones is 1. The normalized spacial score (nSPS) is 10.3. The minimum Gasteiger partial charge on any atom is -0.508 e. The van der Waals surface area contributed by atoms with Crippen molar-refractivity contribution in [2.45, 2.75) is 13.3 Å². The SMILES string of the molecule is CCC(=O)c1cccc(-c2cc(O)ccc2F)c1. The first-order valence-electron chi connectivity index (χ1n) is 5.74. The number of carbonyl (C=O) groups excluding carboxylic acids is 1. The van der Waals surface area contributed by atoms with Gasteiger partial charge in [0.05, 0.1) is 0 Å². The first-order chi connectivity index (χ1) is 8.61. The Morgan fingerprint density at radius 2 is 2.00 bits per heavy atom. The van der Waals surface area contributed by atoms with Gasteiger partial charge in [0, 0.05) is 17.5 Å². The number of aromatic hydroxyl groups is 1. The zero-order chi connectivity index (χ0) is 13.1. The zero-order valence-electron chi connectivity index (χ0n) is 9.98. The summed E-state index contributed by atoms with van der Waals surface area (Å²) in [5.74, 6) is -0.412. The van der Waals surface area contributed by atoms with Crippen molar-refractivity contribution in [2.75, 3.05) is 0 Å². The van der Waals surface area contributed by atoms with Crippen LogP contribution in [-0.2, 0) is 0 Å². The van der Waals surface area contributed by atoms with Crippen LogP contribution in [0.4, 0.5) is 4.39 Å². The maximum Gasteiger partial charge on any atom is 0.162 e. The van der Waals surface area contributed by atoms with Gasteiger partial charge >= 0.3 is 0 Å². The lowest BCUT2D eigenvalue weighted by molar-refractivity contribution is 0.0988. The average molecular weight is 244 g/mol. The molecular weight excluding hydrogens is 231 g/mol. The van der Waals surface area contributed by atoms with E-state index in [0.717, 1.165) is 0 Å². The molecule has 0 saturated heterocycles. The van der Waals surface area contributed by atoms with Gasteiger partial charge in [0.15, 0.2) is 5.78 Å². The third-order valence-corrected chi connectivity index (χ3v) is 2.77. The van der Waals surface area contributed by atoms with E-state index in [4.69, 9.17) is 0 Å². The standard InChI is InChI=1S/C15H13FO2/c1-2-15(18)11-5-3-4-10(8-11)13-9-12(17)6-7-14(13)16/h3-9,17H,2H2,1H3. The summed E-state index contributed by atoms with van der Waals surface area (Å²) in [6.07, 6.45) is 0.409. The third kappa shape index (κ3) is 2.40. The Hall–Kier alpha value is -2.16. The molecule has 92 valence electrons. The lowest BCUT2D eigenvalue weighted by Gasteiger charge is -2.06. The number of Topliss-reactive ketones (excluding diaryl/α,β-unsaturated/α-hetero) is 1. The smallest absolute Gasteiger partial charge is 0.162 e. The van der Waals surface area contributed by atoms with E-state index in [2.05, 4.69) is 0 Å². The minimum absolute atomic E-state index is 0.00128. The fourth-order valence-corrected chi connectivity index (χ4v) is 1.80.